The Morgan fingerprint density at radius 3 is 2.11 bits per heavy atom. The standard InChI is InChI=1S/C19H20N2O6/c22-16(20-25)7-9-26-11-12-27-10-8-21-18(23)14-5-1-3-13-4-2-6-15(17(13)14)19(21)24/h1-6,25H,7-12H2,(H,20,22). The van der Waals surface area contributed by atoms with Gasteiger partial charge in [0.1, 0.15) is 0 Å². The molecule has 0 atom stereocenters. The molecule has 0 bridgehead atoms. The van der Waals surface area contributed by atoms with Crippen LogP contribution < -0.4 is 5.48 Å². The molecule has 2 N–H and O–H groups in total. The predicted octanol–water partition coefficient (Wildman–Crippen LogP) is 1.36. The monoisotopic (exact) mass is 372 g/mol. The Labute approximate surface area is 155 Å². The molecule has 0 spiro atoms. The second-order valence-corrected chi connectivity index (χ2v) is 5.98. The average molecular weight is 372 g/mol. The molecule has 0 saturated carbocycles. The van der Waals surface area contributed by atoms with Crippen LogP contribution in [0.3, 0.4) is 0 Å². The summed E-state index contributed by atoms with van der Waals surface area (Å²) >= 11 is 0. The van der Waals surface area contributed by atoms with Crippen LogP contribution >= 0.6 is 0 Å². The number of imide groups is 1. The lowest BCUT2D eigenvalue weighted by Gasteiger charge is -2.27. The van der Waals surface area contributed by atoms with Crippen molar-refractivity contribution in [1.82, 2.24) is 10.4 Å². The third-order valence-electron chi connectivity index (χ3n) is 4.29. The lowest BCUT2D eigenvalue weighted by atomic mass is 9.94. The van der Waals surface area contributed by atoms with Gasteiger partial charge in [-0.3, -0.25) is 24.5 Å². The fraction of sp³-hybridized carbons (Fsp3) is 0.316. The largest absolute Gasteiger partial charge is 0.379 e. The molecule has 0 radical (unpaired) electrons. The number of nitrogens with zero attached hydrogens (tertiary/aromatic N) is 1. The van der Waals surface area contributed by atoms with Crippen molar-refractivity contribution in [2.75, 3.05) is 33.0 Å². The number of hydroxylamine groups is 1. The van der Waals surface area contributed by atoms with Gasteiger partial charge >= 0.3 is 0 Å². The molecule has 1 aliphatic heterocycles. The Balaban J connectivity index is 1.50. The van der Waals surface area contributed by atoms with Gasteiger partial charge in [-0.15, -0.1) is 0 Å². The number of nitrogens with one attached hydrogen (secondary N) is 1. The summed E-state index contributed by atoms with van der Waals surface area (Å²) in [6, 6.07) is 10.8. The molecule has 1 heterocycles. The van der Waals surface area contributed by atoms with Gasteiger partial charge in [0.05, 0.1) is 39.4 Å². The van der Waals surface area contributed by atoms with Gasteiger partial charge in [-0.2, -0.15) is 0 Å². The van der Waals surface area contributed by atoms with Crippen molar-refractivity contribution in [3.05, 3.63) is 47.5 Å². The molecule has 2 aromatic rings. The quantitative estimate of drug-likeness (QED) is 0.298. The number of hydrogen-bond donors (Lipinski definition) is 2. The van der Waals surface area contributed by atoms with Crippen molar-refractivity contribution in [3.63, 3.8) is 0 Å². The minimum Gasteiger partial charge on any atom is -0.379 e. The van der Waals surface area contributed by atoms with Crippen molar-refractivity contribution < 1.29 is 29.1 Å². The Bertz CT molecular complexity index is 816. The molecule has 27 heavy (non-hydrogen) atoms. The van der Waals surface area contributed by atoms with E-state index in [-0.39, 0.29) is 51.2 Å². The van der Waals surface area contributed by atoms with Crippen LogP contribution in [0.2, 0.25) is 0 Å². The van der Waals surface area contributed by atoms with Gasteiger partial charge in [0, 0.05) is 16.5 Å². The smallest absolute Gasteiger partial charge is 0.261 e. The zero-order valence-corrected chi connectivity index (χ0v) is 14.6. The van der Waals surface area contributed by atoms with E-state index in [0.717, 1.165) is 5.39 Å². The second kappa shape index (κ2) is 8.72. The molecule has 0 aromatic heterocycles. The fourth-order valence-electron chi connectivity index (χ4n) is 2.98. The average Bonchev–Trinajstić information content (AvgIpc) is 2.69. The third kappa shape index (κ3) is 4.13. The van der Waals surface area contributed by atoms with Gasteiger partial charge in [-0.05, 0) is 17.5 Å². The number of amides is 3. The fourth-order valence-corrected chi connectivity index (χ4v) is 2.98. The zero-order chi connectivity index (χ0) is 19.2. The summed E-state index contributed by atoms with van der Waals surface area (Å²) in [6.07, 6.45) is 0.0538. The minimum absolute atomic E-state index is 0.0538. The van der Waals surface area contributed by atoms with E-state index in [2.05, 4.69) is 0 Å². The highest BCUT2D eigenvalue weighted by Crippen LogP contribution is 2.29. The molecule has 8 nitrogen and oxygen atoms in total. The summed E-state index contributed by atoms with van der Waals surface area (Å²) in [5.74, 6) is -1.16. The molecule has 2 aromatic carbocycles. The molecule has 0 unspecified atom stereocenters. The maximum atomic E-state index is 12.7. The number of carbonyl (C=O) groups excluding carboxylic acids is 3. The van der Waals surface area contributed by atoms with Crippen LogP contribution in [0.15, 0.2) is 36.4 Å². The summed E-state index contributed by atoms with van der Waals surface area (Å²) in [7, 11) is 0. The van der Waals surface area contributed by atoms with Crippen molar-refractivity contribution in [1.29, 1.82) is 0 Å². The van der Waals surface area contributed by atoms with E-state index in [1.165, 1.54) is 10.4 Å². The van der Waals surface area contributed by atoms with Gasteiger partial charge in [0.25, 0.3) is 11.8 Å². The summed E-state index contributed by atoms with van der Waals surface area (Å²) < 4.78 is 10.6. The molecule has 0 saturated heterocycles. The van der Waals surface area contributed by atoms with Crippen LogP contribution in [-0.2, 0) is 14.3 Å². The van der Waals surface area contributed by atoms with E-state index in [9.17, 15) is 14.4 Å². The van der Waals surface area contributed by atoms with Gasteiger partial charge in [-0.25, -0.2) is 5.48 Å². The van der Waals surface area contributed by atoms with Crippen molar-refractivity contribution in [3.8, 4) is 0 Å². The van der Waals surface area contributed by atoms with E-state index in [4.69, 9.17) is 14.7 Å². The Kier molecular flexibility index (Phi) is 6.12. The van der Waals surface area contributed by atoms with Crippen molar-refractivity contribution in [2.45, 2.75) is 6.42 Å². The Morgan fingerprint density at radius 2 is 1.52 bits per heavy atom. The third-order valence-corrected chi connectivity index (χ3v) is 4.29. The zero-order valence-electron chi connectivity index (χ0n) is 14.6. The molecule has 3 amide bonds. The number of rotatable bonds is 9. The van der Waals surface area contributed by atoms with E-state index >= 15 is 0 Å². The van der Waals surface area contributed by atoms with Gasteiger partial charge in [0.2, 0.25) is 5.91 Å². The molecule has 0 fully saturated rings. The van der Waals surface area contributed by atoms with E-state index in [1.54, 1.807) is 24.3 Å². The molecule has 8 heteroatoms. The first-order valence-electron chi connectivity index (χ1n) is 8.60. The van der Waals surface area contributed by atoms with Crippen LogP contribution in [0.4, 0.5) is 0 Å². The Morgan fingerprint density at radius 1 is 0.926 bits per heavy atom. The molecule has 3 rings (SSSR count). The number of ether oxygens (including phenoxy) is 2. The lowest BCUT2D eigenvalue weighted by Crippen LogP contribution is -2.42. The molecule has 142 valence electrons. The number of benzene rings is 2. The highest BCUT2D eigenvalue weighted by atomic mass is 16.5. The number of carbonyl (C=O) groups is 3. The highest BCUT2D eigenvalue weighted by molar-refractivity contribution is 6.25. The van der Waals surface area contributed by atoms with E-state index in [1.807, 2.05) is 12.1 Å². The predicted molar refractivity (Wildman–Crippen MR) is 95.5 cm³/mol. The lowest BCUT2D eigenvalue weighted by molar-refractivity contribution is -0.130. The highest BCUT2D eigenvalue weighted by Gasteiger charge is 2.32. The SMILES string of the molecule is O=C(CCOCCOCCN1C(=O)c2cccc3cccc(c23)C1=O)NO. The second-order valence-electron chi connectivity index (χ2n) is 5.98. The topological polar surface area (TPSA) is 105 Å². The summed E-state index contributed by atoms with van der Waals surface area (Å²) in [6.45, 7) is 1.04. The maximum Gasteiger partial charge on any atom is 0.261 e. The van der Waals surface area contributed by atoms with Crippen molar-refractivity contribution >= 4 is 28.5 Å². The van der Waals surface area contributed by atoms with Crippen LogP contribution in [0.1, 0.15) is 27.1 Å². The summed E-state index contributed by atoms with van der Waals surface area (Å²) in [5.41, 5.74) is 2.56. The summed E-state index contributed by atoms with van der Waals surface area (Å²) in [5, 5.41) is 9.92. The van der Waals surface area contributed by atoms with E-state index < -0.39 is 5.91 Å². The van der Waals surface area contributed by atoms with Gasteiger partial charge in [-0.1, -0.05) is 24.3 Å². The first kappa shape index (κ1) is 19.0. The molecule has 0 aliphatic carbocycles. The van der Waals surface area contributed by atoms with Crippen LogP contribution in [-0.4, -0.2) is 60.8 Å². The summed E-state index contributed by atoms with van der Waals surface area (Å²) in [4.78, 5) is 37.4. The molecular weight excluding hydrogens is 352 g/mol. The van der Waals surface area contributed by atoms with Crippen LogP contribution in [0.5, 0.6) is 0 Å². The molecular formula is C19H20N2O6. The first-order chi connectivity index (χ1) is 13.1. The minimum atomic E-state index is -0.520. The number of hydrogen-bond acceptors (Lipinski definition) is 6. The van der Waals surface area contributed by atoms with Crippen molar-refractivity contribution in [2.24, 2.45) is 0 Å². The maximum absolute atomic E-state index is 12.7. The normalized spacial score (nSPS) is 13.3. The van der Waals surface area contributed by atoms with Crippen LogP contribution in [0.25, 0.3) is 10.8 Å². The van der Waals surface area contributed by atoms with Gasteiger partial charge < -0.3 is 9.47 Å². The van der Waals surface area contributed by atoms with E-state index in [0.29, 0.717) is 16.5 Å². The van der Waals surface area contributed by atoms with Crippen LogP contribution in [0, 0.1) is 0 Å². The van der Waals surface area contributed by atoms with Gasteiger partial charge in [0.15, 0.2) is 0 Å². The molecule has 1 aliphatic rings. The first-order valence-corrected chi connectivity index (χ1v) is 8.60. The Hall–Kier alpha value is -2.81.